The van der Waals surface area contributed by atoms with Crippen molar-refractivity contribution in [3.63, 3.8) is 0 Å². The van der Waals surface area contributed by atoms with E-state index in [-0.39, 0.29) is 17.8 Å². The number of carbonyl (C=O) groups excluding carboxylic acids is 1. The van der Waals surface area contributed by atoms with Crippen LogP contribution in [0.15, 0.2) is 22.6 Å². The fourth-order valence-electron chi connectivity index (χ4n) is 2.04. The van der Waals surface area contributed by atoms with Gasteiger partial charge in [0.1, 0.15) is 0 Å². The van der Waals surface area contributed by atoms with Crippen molar-refractivity contribution in [3.05, 3.63) is 29.3 Å². The molecule has 0 saturated heterocycles. The fraction of sp³-hybridized carbons (Fsp3) is 0.357. The summed E-state index contributed by atoms with van der Waals surface area (Å²) in [6, 6.07) is 6.21. The molecule has 1 amide bonds. The van der Waals surface area contributed by atoms with Gasteiger partial charge in [0.2, 0.25) is 11.8 Å². The van der Waals surface area contributed by atoms with Gasteiger partial charge in [0.05, 0.1) is 0 Å². The zero-order valence-corrected chi connectivity index (χ0v) is 10.9. The lowest BCUT2D eigenvalue weighted by molar-refractivity contribution is -0.117. The van der Waals surface area contributed by atoms with Crippen molar-refractivity contribution in [2.24, 2.45) is 5.92 Å². The molecule has 1 N–H and O–H groups in total. The van der Waals surface area contributed by atoms with E-state index in [1.54, 1.807) is 0 Å². The van der Waals surface area contributed by atoms with Crippen LogP contribution in [0.1, 0.15) is 24.0 Å². The molecule has 0 aliphatic heterocycles. The lowest BCUT2D eigenvalue weighted by Crippen LogP contribution is -2.13. The lowest BCUT2D eigenvalue weighted by Gasteiger charge is -2.00. The van der Waals surface area contributed by atoms with Gasteiger partial charge in [-0.25, -0.2) is 0 Å². The maximum Gasteiger partial charge on any atom is 0.322 e. The van der Waals surface area contributed by atoms with Crippen LogP contribution in [-0.2, 0) is 4.79 Å². The maximum absolute atomic E-state index is 11.6. The van der Waals surface area contributed by atoms with Crippen LogP contribution in [0.4, 0.5) is 6.01 Å². The van der Waals surface area contributed by atoms with Crippen LogP contribution >= 0.6 is 0 Å². The van der Waals surface area contributed by atoms with Crippen molar-refractivity contribution in [1.29, 1.82) is 0 Å². The van der Waals surface area contributed by atoms with E-state index in [0.717, 1.165) is 29.5 Å². The van der Waals surface area contributed by atoms with E-state index in [0.29, 0.717) is 5.89 Å². The van der Waals surface area contributed by atoms with Gasteiger partial charge in [0.25, 0.3) is 0 Å². The van der Waals surface area contributed by atoms with E-state index < -0.39 is 0 Å². The van der Waals surface area contributed by atoms with Gasteiger partial charge in [-0.2, -0.15) is 0 Å². The SMILES string of the molecule is Cc1cc(C)cc(-c2nnc(NC(=O)C3CC3)o2)c1. The first-order valence-corrected chi connectivity index (χ1v) is 6.35. The summed E-state index contributed by atoms with van der Waals surface area (Å²) >= 11 is 0. The first-order chi connectivity index (χ1) is 9.11. The third-order valence-corrected chi connectivity index (χ3v) is 3.07. The van der Waals surface area contributed by atoms with E-state index in [9.17, 15) is 4.79 Å². The number of nitrogens with one attached hydrogen (secondary N) is 1. The molecule has 0 spiro atoms. The molecule has 0 radical (unpaired) electrons. The van der Waals surface area contributed by atoms with Gasteiger partial charge >= 0.3 is 6.01 Å². The second kappa shape index (κ2) is 4.50. The maximum atomic E-state index is 11.6. The highest BCUT2D eigenvalue weighted by Gasteiger charge is 2.30. The molecule has 1 heterocycles. The molecule has 0 atom stereocenters. The summed E-state index contributed by atoms with van der Waals surface area (Å²) in [5.74, 6) is 0.519. The van der Waals surface area contributed by atoms with Crippen LogP contribution in [0.3, 0.4) is 0 Å². The van der Waals surface area contributed by atoms with Crippen molar-refractivity contribution in [3.8, 4) is 11.5 Å². The fourth-order valence-corrected chi connectivity index (χ4v) is 2.04. The zero-order valence-electron chi connectivity index (χ0n) is 10.9. The first kappa shape index (κ1) is 11.9. The molecule has 98 valence electrons. The Morgan fingerprint density at radius 3 is 2.53 bits per heavy atom. The third-order valence-electron chi connectivity index (χ3n) is 3.07. The third kappa shape index (κ3) is 2.65. The van der Waals surface area contributed by atoms with Crippen LogP contribution in [0, 0.1) is 19.8 Å². The number of nitrogens with zero attached hydrogens (tertiary/aromatic N) is 2. The minimum absolute atomic E-state index is 0.0318. The highest BCUT2D eigenvalue weighted by molar-refractivity contribution is 5.92. The summed E-state index contributed by atoms with van der Waals surface area (Å²) in [6.45, 7) is 4.03. The number of anilines is 1. The van der Waals surface area contributed by atoms with Gasteiger partial charge in [0.15, 0.2) is 0 Å². The summed E-state index contributed by atoms with van der Waals surface area (Å²) in [5.41, 5.74) is 3.14. The predicted molar refractivity (Wildman–Crippen MR) is 70.6 cm³/mol. The van der Waals surface area contributed by atoms with Gasteiger partial charge in [0, 0.05) is 11.5 Å². The van der Waals surface area contributed by atoms with Crippen LogP contribution in [-0.4, -0.2) is 16.1 Å². The molecule has 3 rings (SSSR count). The van der Waals surface area contributed by atoms with E-state index in [1.165, 1.54) is 0 Å². The molecule has 1 aliphatic carbocycles. The van der Waals surface area contributed by atoms with Crippen LogP contribution in [0.5, 0.6) is 0 Å². The largest absolute Gasteiger partial charge is 0.403 e. The van der Waals surface area contributed by atoms with Crippen molar-refractivity contribution in [2.75, 3.05) is 5.32 Å². The Balaban J connectivity index is 1.81. The number of hydrogen-bond acceptors (Lipinski definition) is 4. The number of rotatable bonds is 3. The molecule has 5 heteroatoms. The minimum Gasteiger partial charge on any atom is -0.403 e. The quantitative estimate of drug-likeness (QED) is 0.917. The van der Waals surface area contributed by atoms with Crippen molar-refractivity contribution >= 4 is 11.9 Å². The Bertz CT molecular complexity index is 609. The first-order valence-electron chi connectivity index (χ1n) is 6.35. The number of hydrogen-bond donors (Lipinski definition) is 1. The van der Waals surface area contributed by atoms with E-state index >= 15 is 0 Å². The molecule has 2 aromatic rings. The Morgan fingerprint density at radius 1 is 1.21 bits per heavy atom. The molecule has 1 aromatic heterocycles. The molecular weight excluding hydrogens is 242 g/mol. The highest BCUT2D eigenvalue weighted by Crippen LogP contribution is 2.30. The number of aromatic nitrogens is 2. The summed E-state index contributed by atoms with van der Waals surface area (Å²) in [5, 5.41) is 10.5. The second-order valence-electron chi connectivity index (χ2n) is 5.05. The number of amides is 1. The molecule has 1 aliphatic rings. The minimum atomic E-state index is -0.0318. The van der Waals surface area contributed by atoms with E-state index in [4.69, 9.17) is 4.42 Å². The summed E-state index contributed by atoms with van der Waals surface area (Å²) in [6.07, 6.45) is 1.90. The molecular formula is C14H15N3O2. The normalized spacial score (nSPS) is 14.4. The highest BCUT2D eigenvalue weighted by atomic mass is 16.4. The summed E-state index contributed by atoms with van der Waals surface area (Å²) < 4.78 is 5.47. The van der Waals surface area contributed by atoms with Crippen LogP contribution in [0.25, 0.3) is 11.5 Å². The van der Waals surface area contributed by atoms with E-state index in [2.05, 4.69) is 21.6 Å². The Morgan fingerprint density at radius 2 is 1.89 bits per heavy atom. The molecule has 0 bridgehead atoms. The van der Waals surface area contributed by atoms with Crippen molar-refractivity contribution in [2.45, 2.75) is 26.7 Å². The van der Waals surface area contributed by atoms with Crippen LogP contribution < -0.4 is 5.32 Å². The van der Waals surface area contributed by atoms with Crippen molar-refractivity contribution in [1.82, 2.24) is 10.2 Å². The predicted octanol–water partition coefficient (Wildman–Crippen LogP) is 2.70. The molecule has 5 nitrogen and oxygen atoms in total. The Labute approximate surface area is 111 Å². The molecule has 1 aromatic carbocycles. The number of carbonyl (C=O) groups is 1. The molecule has 1 saturated carbocycles. The Hall–Kier alpha value is -2.17. The number of benzene rings is 1. The van der Waals surface area contributed by atoms with Gasteiger partial charge in [-0.15, -0.1) is 5.10 Å². The molecule has 1 fully saturated rings. The zero-order chi connectivity index (χ0) is 13.4. The smallest absolute Gasteiger partial charge is 0.322 e. The van der Waals surface area contributed by atoms with Gasteiger partial charge in [-0.05, 0) is 38.8 Å². The second-order valence-corrected chi connectivity index (χ2v) is 5.05. The van der Waals surface area contributed by atoms with E-state index in [1.807, 2.05) is 26.0 Å². The lowest BCUT2D eigenvalue weighted by atomic mass is 10.1. The topological polar surface area (TPSA) is 68.0 Å². The van der Waals surface area contributed by atoms with Crippen LogP contribution in [0.2, 0.25) is 0 Å². The van der Waals surface area contributed by atoms with Gasteiger partial charge in [-0.1, -0.05) is 22.3 Å². The Kier molecular flexibility index (Phi) is 2.81. The van der Waals surface area contributed by atoms with Gasteiger partial charge in [-0.3, -0.25) is 10.1 Å². The monoisotopic (exact) mass is 257 g/mol. The molecule has 0 unspecified atom stereocenters. The summed E-state index contributed by atoms with van der Waals surface area (Å²) in [4.78, 5) is 11.6. The average molecular weight is 257 g/mol. The van der Waals surface area contributed by atoms with Gasteiger partial charge < -0.3 is 4.42 Å². The number of aryl methyl sites for hydroxylation is 2. The summed E-state index contributed by atoms with van der Waals surface area (Å²) in [7, 11) is 0. The average Bonchev–Trinajstić information content (AvgIpc) is 3.09. The standard InChI is InChI=1S/C14H15N3O2/c1-8-5-9(2)7-11(6-8)13-16-17-14(19-13)15-12(18)10-3-4-10/h5-7,10H,3-4H2,1-2H3,(H,15,17,18). The molecule has 19 heavy (non-hydrogen) atoms. The van der Waals surface area contributed by atoms with Crippen molar-refractivity contribution < 1.29 is 9.21 Å².